The number of nitrogens with zero attached hydrogens (tertiary/aromatic N) is 3. The van der Waals surface area contributed by atoms with Gasteiger partial charge in [0.05, 0.1) is 28.7 Å². The Morgan fingerprint density at radius 2 is 1.90 bits per heavy atom. The minimum atomic E-state index is -0.403. The van der Waals surface area contributed by atoms with Crippen LogP contribution >= 0.6 is 11.6 Å². The first-order valence-corrected chi connectivity index (χ1v) is 9.54. The van der Waals surface area contributed by atoms with E-state index in [2.05, 4.69) is 20.5 Å². The number of fused-ring (bicyclic) bond motifs is 1. The Labute approximate surface area is 177 Å². The van der Waals surface area contributed by atoms with Gasteiger partial charge in [-0.3, -0.25) is 9.78 Å². The van der Waals surface area contributed by atoms with Gasteiger partial charge in [-0.25, -0.2) is 10.4 Å². The molecule has 0 unspecified atom stereocenters. The third-order valence-electron chi connectivity index (χ3n) is 4.55. The van der Waals surface area contributed by atoms with Gasteiger partial charge < -0.3 is 5.11 Å². The van der Waals surface area contributed by atoms with E-state index in [4.69, 9.17) is 11.6 Å². The number of phenols is 1. The molecule has 0 bridgehead atoms. The van der Waals surface area contributed by atoms with Crippen molar-refractivity contribution in [3.05, 3.63) is 88.6 Å². The Morgan fingerprint density at radius 3 is 2.70 bits per heavy atom. The number of aryl methyl sites for hydroxylation is 1. The fourth-order valence-electron chi connectivity index (χ4n) is 3.09. The van der Waals surface area contributed by atoms with Crippen molar-refractivity contribution in [2.45, 2.75) is 6.92 Å². The monoisotopic (exact) mass is 416 g/mol. The summed E-state index contributed by atoms with van der Waals surface area (Å²) >= 11 is 6.03. The van der Waals surface area contributed by atoms with Gasteiger partial charge in [0, 0.05) is 22.2 Å². The second kappa shape index (κ2) is 8.31. The summed E-state index contributed by atoms with van der Waals surface area (Å²) in [7, 11) is 0. The number of pyridine rings is 2. The number of carbonyl (C=O) groups is 1. The smallest absolute Gasteiger partial charge is 0.272 e. The number of aromatic hydroxyl groups is 1. The number of para-hydroxylation sites is 1. The summed E-state index contributed by atoms with van der Waals surface area (Å²) < 4.78 is 0. The van der Waals surface area contributed by atoms with Crippen LogP contribution in [0.2, 0.25) is 5.02 Å². The third kappa shape index (κ3) is 3.99. The molecule has 0 saturated heterocycles. The van der Waals surface area contributed by atoms with E-state index in [-0.39, 0.29) is 5.75 Å². The average Bonchev–Trinajstić information content (AvgIpc) is 2.76. The molecule has 1 amide bonds. The summed E-state index contributed by atoms with van der Waals surface area (Å²) in [6.07, 6.45) is 3.03. The number of phenolic OH excluding ortho intramolecular Hbond substituents is 1. The highest BCUT2D eigenvalue weighted by Crippen LogP contribution is 2.25. The molecular formula is C23H17ClN4O2. The van der Waals surface area contributed by atoms with Crippen molar-refractivity contribution >= 4 is 34.6 Å². The number of hydrogen-bond acceptors (Lipinski definition) is 5. The molecule has 0 aliphatic rings. The lowest BCUT2D eigenvalue weighted by atomic mass is 10.1. The first-order valence-electron chi connectivity index (χ1n) is 9.16. The minimum absolute atomic E-state index is 0.0594. The molecule has 6 nitrogen and oxygen atoms in total. The number of hydrogen-bond donors (Lipinski definition) is 2. The number of hydrazone groups is 1. The van der Waals surface area contributed by atoms with Crippen molar-refractivity contribution in [3.63, 3.8) is 0 Å². The molecule has 0 aliphatic heterocycles. The zero-order valence-corrected chi connectivity index (χ0v) is 16.8. The number of rotatable bonds is 4. The first kappa shape index (κ1) is 19.5. The predicted octanol–water partition coefficient (Wildman–Crippen LogP) is 4.73. The standard InChI is InChI=1S/C23H17ClN4O2/c1-14-10-16(24)11-15(22(14)29)13-26-28-23(30)18-12-21(20-8-4-5-9-25-20)27-19-7-3-2-6-17(18)19/h2-13,29H,1H3,(H,28,30)/b26-13+. The molecule has 0 fully saturated rings. The van der Waals surface area contributed by atoms with E-state index in [0.29, 0.717) is 44.0 Å². The molecule has 4 rings (SSSR count). The second-order valence-corrected chi connectivity index (χ2v) is 7.08. The van der Waals surface area contributed by atoms with Gasteiger partial charge in [-0.2, -0.15) is 5.10 Å². The normalized spacial score (nSPS) is 11.1. The van der Waals surface area contributed by atoms with Crippen molar-refractivity contribution in [2.24, 2.45) is 5.10 Å². The van der Waals surface area contributed by atoms with E-state index in [9.17, 15) is 9.90 Å². The van der Waals surface area contributed by atoms with Crippen LogP contribution in [0.4, 0.5) is 0 Å². The van der Waals surface area contributed by atoms with Crippen molar-refractivity contribution in [3.8, 4) is 17.1 Å². The van der Waals surface area contributed by atoms with Gasteiger partial charge in [0.2, 0.25) is 0 Å². The number of benzene rings is 2. The van der Waals surface area contributed by atoms with Gasteiger partial charge in [0.25, 0.3) is 5.91 Å². The van der Waals surface area contributed by atoms with Gasteiger partial charge >= 0.3 is 0 Å². The average molecular weight is 417 g/mol. The Hall–Kier alpha value is -3.77. The lowest BCUT2D eigenvalue weighted by Gasteiger charge is -2.08. The number of halogens is 1. The maximum atomic E-state index is 12.9. The Kier molecular flexibility index (Phi) is 5.41. The predicted molar refractivity (Wildman–Crippen MR) is 118 cm³/mol. The van der Waals surface area contributed by atoms with Crippen LogP contribution in [-0.2, 0) is 0 Å². The Morgan fingerprint density at radius 1 is 1.10 bits per heavy atom. The molecule has 0 saturated carbocycles. The molecule has 2 aromatic carbocycles. The van der Waals surface area contributed by atoms with Gasteiger partial charge in [0.1, 0.15) is 5.75 Å². The van der Waals surface area contributed by atoms with Crippen molar-refractivity contribution in [2.75, 3.05) is 0 Å². The molecule has 2 heterocycles. The summed E-state index contributed by atoms with van der Waals surface area (Å²) in [6, 6.07) is 17.8. The van der Waals surface area contributed by atoms with E-state index in [1.54, 1.807) is 31.3 Å². The molecule has 4 aromatic rings. The summed E-state index contributed by atoms with van der Waals surface area (Å²) in [4.78, 5) is 21.8. The van der Waals surface area contributed by atoms with Crippen LogP contribution < -0.4 is 5.43 Å². The third-order valence-corrected chi connectivity index (χ3v) is 4.77. The highest BCUT2D eigenvalue weighted by molar-refractivity contribution is 6.31. The fraction of sp³-hybridized carbons (Fsp3) is 0.0435. The zero-order valence-electron chi connectivity index (χ0n) is 16.0. The summed E-state index contributed by atoms with van der Waals surface area (Å²) in [5.41, 5.74) is 5.90. The molecule has 2 N–H and O–H groups in total. The Balaban J connectivity index is 1.68. The van der Waals surface area contributed by atoms with Gasteiger partial charge in [-0.1, -0.05) is 35.9 Å². The fourth-order valence-corrected chi connectivity index (χ4v) is 3.37. The van der Waals surface area contributed by atoms with E-state index in [1.165, 1.54) is 6.21 Å². The summed E-state index contributed by atoms with van der Waals surface area (Å²) in [6.45, 7) is 1.74. The second-order valence-electron chi connectivity index (χ2n) is 6.65. The van der Waals surface area contributed by atoms with Crippen LogP contribution in [-0.4, -0.2) is 27.2 Å². The van der Waals surface area contributed by atoms with Gasteiger partial charge in [-0.05, 0) is 48.9 Å². The molecule has 0 aliphatic carbocycles. The first-order chi connectivity index (χ1) is 14.5. The largest absolute Gasteiger partial charge is 0.507 e. The number of amides is 1. The summed E-state index contributed by atoms with van der Waals surface area (Å²) in [5.74, 6) is -0.343. The van der Waals surface area contributed by atoms with Crippen molar-refractivity contribution in [1.82, 2.24) is 15.4 Å². The van der Waals surface area contributed by atoms with Crippen LogP contribution in [0.25, 0.3) is 22.3 Å². The van der Waals surface area contributed by atoms with Crippen LogP contribution in [0, 0.1) is 6.92 Å². The van der Waals surface area contributed by atoms with E-state index < -0.39 is 5.91 Å². The topological polar surface area (TPSA) is 87.5 Å². The van der Waals surface area contributed by atoms with Crippen LogP contribution in [0.5, 0.6) is 5.75 Å². The molecule has 2 aromatic heterocycles. The summed E-state index contributed by atoms with van der Waals surface area (Å²) in [5, 5.41) is 15.3. The molecule has 30 heavy (non-hydrogen) atoms. The van der Waals surface area contributed by atoms with Crippen LogP contribution in [0.1, 0.15) is 21.5 Å². The minimum Gasteiger partial charge on any atom is -0.507 e. The number of carbonyl (C=O) groups excluding carboxylic acids is 1. The SMILES string of the molecule is Cc1cc(Cl)cc(/C=N/NC(=O)c2cc(-c3ccccn3)nc3ccccc23)c1O. The quantitative estimate of drug-likeness (QED) is 0.372. The van der Waals surface area contributed by atoms with Gasteiger partial charge in [0.15, 0.2) is 0 Å². The maximum absolute atomic E-state index is 12.9. The zero-order chi connectivity index (χ0) is 21.1. The van der Waals surface area contributed by atoms with E-state index in [1.807, 2.05) is 42.5 Å². The van der Waals surface area contributed by atoms with E-state index >= 15 is 0 Å². The highest BCUT2D eigenvalue weighted by atomic mass is 35.5. The lowest BCUT2D eigenvalue weighted by molar-refractivity contribution is 0.0956. The maximum Gasteiger partial charge on any atom is 0.272 e. The molecule has 148 valence electrons. The Bertz CT molecular complexity index is 1270. The van der Waals surface area contributed by atoms with Crippen molar-refractivity contribution in [1.29, 1.82) is 0 Å². The molecule has 0 atom stereocenters. The van der Waals surface area contributed by atoms with Gasteiger partial charge in [-0.15, -0.1) is 0 Å². The molecule has 0 spiro atoms. The number of nitrogens with one attached hydrogen (secondary N) is 1. The van der Waals surface area contributed by atoms with E-state index in [0.717, 1.165) is 0 Å². The molecular weight excluding hydrogens is 400 g/mol. The van der Waals surface area contributed by atoms with Crippen LogP contribution in [0.15, 0.2) is 72.0 Å². The highest BCUT2D eigenvalue weighted by Gasteiger charge is 2.14. The lowest BCUT2D eigenvalue weighted by Crippen LogP contribution is -2.18. The van der Waals surface area contributed by atoms with Crippen molar-refractivity contribution < 1.29 is 9.90 Å². The van der Waals surface area contributed by atoms with Crippen LogP contribution in [0.3, 0.4) is 0 Å². The molecule has 7 heteroatoms. The number of aromatic nitrogens is 2. The molecule has 0 radical (unpaired) electrons.